The van der Waals surface area contributed by atoms with Gasteiger partial charge in [0.25, 0.3) is 5.91 Å². The average molecular weight is 489 g/mol. The molecule has 1 atom stereocenters. The molecular formula is C28H36N6O2. The van der Waals surface area contributed by atoms with Crippen LogP contribution in [0, 0.1) is 5.92 Å². The van der Waals surface area contributed by atoms with Crippen molar-refractivity contribution in [1.29, 1.82) is 0 Å². The molecule has 3 aromatic heterocycles. The highest BCUT2D eigenvalue weighted by atomic mass is 16.3. The number of aliphatic hydroxyl groups excluding tert-OH is 1. The van der Waals surface area contributed by atoms with Crippen molar-refractivity contribution >= 4 is 11.6 Å². The molecule has 0 spiro atoms. The van der Waals surface area contributed by atoms with E-state index < -0.39 is 6.10 Å². The van der Waals surface area contributed by atoms with Crippen LogP contribution in [-0.2, 0) is 6.54 Å². The molecule has 0 aromatic carbocycles. The van der Waals surface area contributed by atoms with Crippen molar-refractivity contribution in [2.75, 3.05) is 26.2 Å². The zero-order valence-electron chi connectivity index (χ0n) is 21.4. The van der Waals surface area contributed by atoms with Crippen molar-refractivity contribution in [1.82, 2.24) is 29.4 Å². The van der Waals surface area contributed by atoms with E-state index in [0.29, 0.717) is 23.8 Å². The number of aromatic nitrogens is 4. The van der Waals surface area contributed by atoms with Gasteiger partial charge in [-0.15, -0.1) is 0 Å². The van der Waals surface area contributed by atoms with E-state index in [1.165, 1.54) is 11.1 Å². The third kappa shape index (κ3) is 6.19. The highest BCUT2D eigenvalue weighted by Crippen LogP contribution is 2.21. The lowest BCUT2D eigenvalue weighted by Crippen LogP contribution is -2.42. The van der Waals surface area contributed by atoms with E-state index in [0.717, 1.165) is 37.2 Å². The minimum Gasteiger partial charge on any atom is -0.390 e. The zero-order valence-corrected chi connectivity index (χ0v) is 21.4. The third-order valence-electron chi connectivity index (χ3n) is 6.29. The Morgan fingerprint density at radius 3 is 2.78 bits per heavy atom. The van der Waals surface area contributed by atoms with E-state index in [2.05, 4.69) is 46.8 Å². The number of hydrogen-bond donors (Lipinski definition) is 2. The molecule has 0 bridgehead atoms. The number of aliphatic hydroxyl groups is 1. The SMILES string of the molecule is C=CC1=C(/C=C\C)CCN(CC(O)CNC(=O)c2cn3cc(-c4cnn(CC(C)C)c4)ccc3n2)C1. The Balaban J connectivity index is 1.34. The third-order valence-corrected chi connectivity index (χ3v) is 6.29. The maximum Gasteiger partial charge on any atom is 0.271 e. The van der Waals surface area contributed by atoms with E-state index in [9.17, 15) is 9.90 Å². The fraction of sp³-hybridized carbons (Fsp3) is 0.393. The summed E-state index contributed by atoms with van der Waals surface area (Å²) in [5.41, 5.74) is 5.52. The Morgan fingerprint density at radius 1 is 1.19 bits per heavy atom. The minimum atomic E-state index is -0.672. The Morgan fingerprint density at radius 2 is 2.03 bits per heavy atom. The highest BCUT2D eigenvalue weighted by molar-refractivity contribution is 5.92. The lowest BCUT2D eigenvalue weighted by molar-refractivity contribution is 0.0861. The van der Waals surface area contributed by atoms with Crippen LogP contribution >= 0.6 is 0 Å². The predicted octanol–water partition coefficient (Wildman–Crippen LogP) is 3.71. The van der Waals surface area contributed by atoms with Gasteiger partial charge in [-0.3, -0.25) is 14.4 Å². The molecule has 0 fully saturated rings. The maximum absolute atomic E-state index is 12.7. The molecule has 1 unspecified atom stereocenters. The van der Waals surface area contributed by atoms with Crippen molar-refractivity contribution in [3.05, 3.63) is 78.6 Å². The number of carbonyl (C=O) groups is 1. The molecule has 8 heteroatoms. The lowest BCUT2D eigenvalue weighted by atomic mass is 9.99. The second-order valence-electron chi connectivity index (χ2n) is 9.76. The van der Waals surface area contributed by atoms with Crippen LogP contribution in [-0.4, -0.2) is 67.4 Å². The average Bonchev–Trinajstić information content (AvgIpc) is 3.49. The topological polar surface area (TPSA) is 87.7 Å². The summed E-state index contributed by atoms with van der Waals surface area (Å²) in [5, 5.41) is 17.8. The van der Waals surface area contributed by atoms with E-state index >= 15 is 0 Å². The molecule has 0 saturated heterocycles. The van der Waals surface area contributed by atoms with Crippen LogP contribution in [0.15, 0.2) is 72.9 Å². The molecule has 36 heavy (non-hydrogen) atoms. The Hall–Kier alpha value is -3.49. The van der Waals surface area contributed by atoms with Crippen LogP contribution in [0.4, 0.5) is 0 Å². The summed E-state index contributed by atoms with van der Waals surface area (Å²) in [6.07, 6.45) is 13.9. The van der Waals surface area contributed by atoms with Crippen LogP contribution in [0.2, 0.25) is 0 Å². The van der Waals surface area contributed by atoms with E-state index in [1.807, 2.05) is 58.9 Å². The monoisotopic (exact) mass is 488 g/mol. The molecule has 4 rings (SSSR count). The van der Waals surface area contributed by atoms with Gasteiger partial charge in [0.1, 0.15) is 11.3 Å². The molecule has 8 nitrogen and oxygen atoms in total. The number of rotatable bonds is 10. The molecule has 1 aliphatic rings. The molecule has 3 aromatic rings. The number of nitrogens with one attached hydrogen (secondary N) is 1. The van der Waals surface area contributed by atoms with Gasteiger partial charge in [-0.2, -0.15) is 5.10 Å². The van der Waals surface area contributed by atoms with Crippen molar-refractivity contribution in [2.45, 2.75) is 39.8 Å². The summed E-state index contributed by atoms with van der Waals surface area (Å²) in [7, 11) is 0. The van der Waals surface area contributed by atoms with Crippen LogP contribution < -0.4 is 5.32 Å². The van der Waals surface area contributed by atoms with Crippen molar-refractivity contribution in [3.63, 3.8) is 0 Å². The normalized spacial score (nSPS) is 15.8. The highest BCUT2D eigenvalue weighted by Gasteiger charge is 2.20. The number of allylic oxidation sites excluding steroid dienone is 2. The molecular weight excluding hydrogens is 452 g/mol. The molecule has 1 aliphatic heterocycles. The number of imidazole rings is 1. The van der Waals surface area contributed by atoms with Crippen molar-refractivity contribution in [3.8, 4) is 11.1 Å². The fourth-order valence-electron chi connectivity index (χ4n) is 4.53. The first-order valence-corrected chi connectivity index (χ1v) is 12.5. The summed E-state index contributed by atoms with van der Waals surface area (Å²) < 4.78 is 3.79. The standard InChI is InChI=1S/C28H36N6O2/c1-5-7-22-10-11-32(15-21(22)6-2)18-25(35)13-29-28(36)26-19-33-16-23(8-9-27(33)31-26)24-12-30-34(17-24)14-20(3)4/h5-9,12,16-17,19-20,25,35H,2,10-11,13-15,18H2,1,3-4H3,(H,29,36)/b7-5-. The lowest BCUT2D eigenvalue weighted by Gasteiger charge is -2.30. The largest absolute Gasteiger partial charge is 0.390 e. The molecule has 4 heterocycles. The van der Waals surface area contributed by atoms with Gasteiger partial charge in [-0.05, 0) is 42.5 Å². The van der Waals surface area contributed by atoms with Crippen LogP contribution in [0.25, 0.3) is 16.8 Å². The number of pyridine rings is 1. The second-order valence-corrected chi connectivity index (χ2v) is 9.76. The smallest absolute Gasteiger partial charge is 0.271 e. The van der Waals surface area contributed by atoms with E-state index in [-0.39, 0.29) is 12.5 Å². The number of β-amino-alcohol motifs (C(OH)–C–C–N with tert-alkyl or cyclic N) is 1. The quantitative estimate of drug-likeness (QED) is 0.454. The number of fused-ring (bicyclic) bond motifs is 1. The zero-order chi connectivity index (χ0) is 25.7. The first kappa shape index (κ1) is 25.6. The summed E-state index contributed by atoms with van der Waals surface area (Å²) in [6, 6.07) is 3.88. The van der Waals surface area contributed by atoms with Gasteiger partial charge in [0, 0.05) is 62.4 Å². The molecule has 0 saturated carbocycles. The summed E-state index contributed by atoms with van der Waals surface area (Å²) in [4.78, 5) is 19.4. The molecule has 0 radical (unpaired) electrons. The van der Waals surface area contributed by atoms with Crippen LogP contribution in [0.5, 0.6) is 0 Å². The number of hydrogen-bond acceptors (Lipinski definition) is 5. The van der Waals surface area contributed by atoms with Gasteiger partial charge < -0.3 is 14.8 Å². The summed E-state index contributed by atoms with van der Waals surface area (Å²) >= 11 is 0. The van der Waals surface area contributed by atoms with Gasteiger partial charge in [0.2, 0.25) is 0 Å². The predicted molar refractivity (Wildman–Crippen MR) is 143 cm³/mol. The Labute approximate surface area is 212 Å². The van der Waals surface area contributed by atoms with Gasteiger partial charge in [0.05, 0.1) is 12.3 Å². The minimum absolute atomic E-state index is 0.165. The Bertz CT molecular complexity index is 1280. The summed E-state index contributed by atoms with van der Waals surface area (Å²) in [6.45, 7) is 13.4. The first-order valence-electron chi connectivity index (χ1n) is 12.5. The van der Waals surface area contributed by atoms with Gasteiger partial charge in [-0.25, -0.2) is 4.98 Å². The van der Waals surface area contributed by atoms with Gasteiger partial charge >= 0.3 is 0 Å². The van der Waals surface area contributed by atoms with Crippen molar-refractivity contribution in [2.24, 2.45) is 5.92 Å². The van der Waals surface area contributed by atoms with Gasteiger partial charge in [0.15, 0.2) is 0 Å². The van der Waals surface area contributed by atoms with E-state index in [1.54, 1.807) is 6.20 Å². The van der Waals surface area contributed by atoms with Crippen LogP contribution in [0.3, 0.4) is 0 Å². The van der Waals surface area contributed by atoms with Crippen molar-refractivity contribution < 1.29 is 9.90 Å². The molecule has 2 N–H and O–H groups in total. The summed E-state index contributed by atoms with van der Waals surface area (Å²) in [5.74, 6) is 0.218. The molecule has 0 aliphatic carbocycles. The number of carbonyl (C=O) groups excluding carboxylic acids is 1. The Kier molecular flexibility index (Phi) is 8.18. The molecule has 190 valence electrons. The first-order chi connectivity index (χ1) is 17.4. The number of amides is 1. The van der Waals surface area contributed by atoms with Gasteiger partial charge in [-0.1, -0.05) is 38.7 Å². The maximum atomic E-state index is 12.7. The molecule has 1 amide bonds. The number of nitrogens with zero attached hydrogens (tertiary/aromatic N) is 5. The second kappa shape index (κ2) is 11.5. The van der Waals surface area contributed by atoms with E-state index in [4.69, 9.17) is 0 Å². The fourth-order valence-corrected chi connectivity index (χ4v) is 4.53. The van der Waals surface area contributed by atoms with Crippen LogP contribution in [0.1, 0.15) is 37.7 Å².